The van der Waals surface area contributed by atoms with Crippen LogP contribution in [-0.4, -0.2) is 30.2 Å². The van der Waals surface area contributed by atoms with Crippen molar-refractivity contribution in [2.45, 2.75) is 18.9 Å². The Morgan fingerprint density at radius 1 is 1.00 bits per heavy atom. The Labute approximate surface area is 186 Å². The molecule has 2 saturated heterocycles. The summed E-state index contributed by atoms with van der Waals surface area (Å²) in [6.45, 7) is 0. The first kappa shape index (κ1) is 21.4. The lowest BCUT2D eigenvalue weighted by molar-refractivity contribution is -0.144. The average molecular weight is 466 g/mol. The Balaban J connectivity index is 1.48. The van der Waals surface area contributed by atoms with E-state index in [0.717, 1.165) is 0 Å². The number of nitrogens with one attached hydrogen (secondary N) is 5. The van der Waals surface area contributed by atoms with E-state index in [0.29, 0.717) is 16.4 Å². The van der Waals surface area contributed by atoms with Crippen LogP contribution in [0.25, 0.3) is 0 Å². The molecule has 8 nitrogen and oxygen atoms in total. The Morgan fingerprint density at radius 3 is 2.42 bits per heavy atom. The molecule has 0 aliphatic carbocycles. The lowest BCUT2D eigenvalue weighted by Crippen LogP contribution is -2.72. The highest BCUT2D eigenvalue weighted by atomic mass is 35.5. The number of carbonyl (C=O) groups excluding carboxylic acids is 3. The number of hydrogen-bond donors (Lipinski definition) is 5. The van der Waals surface area contributed by atoms with E-state index in [1.54, 1.807) is 6.07 Å². The number of hydrogen-bond acceptors (Lipinski definition) is 5. The van der Waals surface area contributed by atoms with Gasteiger partial charge in [-0.2, -0.15) is 0 Å². The third-order valence-corrected chi connectivity index (χ3v) is 5.87. The Morgan fingerprint density at radius 2 is 1.71 bits per heavy atom. The second-order valence-corrected chi connectivity index (χ2v) is 8.07. The zero-order valence-corrected chi connectivity index (χ0v) is 17.4. The van der Waals surface area contributed by atoms with E-state index < -0.39 is 36.1 Å². The molecule has 0 spiro atoms. The number of piperidine rings is 1. The van der Waals surface area contributed by atoms with E-state index in [4.69, 9.17) is 23.2 Å². The topological polar surface area (TPSA) is 111 Å². The van der Waals surface area contributed by atoms with Gasteiger partial charge in [0, 0.05) is 17.8 Å². The van der Waals surface area contributed by atoms with Crippen LogP contribution in [0, 0.1) is 17.7 Å². The fourth-order valence-corrected chi connectivity index (χ4v) is 3.97. The molecule has 0 saturated carbocycles. The van der Waals surface area contributed by atoms with Crippen molar-refractivity contribution in [1.82, 2.24) is 16.0 Å². The van der Waals surface area contributed by atoms with Gasteiger partial charge < -0.3 is 21.3 Å². The predicted octanol–water partition coefficient (Wildman–Crippen LogP) is 2.26. The van der Waals surface area contributed by atoms with Crippen LogP contribution >= 0.6 is 23.2 Å². The van der Waals surface area contributed by atoms with Crippen LogP contribution in [0.1, 0.15) is 6.42 Å². The summed E-state index contributed by atoms with van der Waals surface area (Å²) < 4.78 is 13.1. The summed E-state index contributed by atoms with van der Waals surface area (Å²) in [4.78, 5) is 38.0. The lowest BCUT2D eigenvalue weighted by atomic mass is 9.81. The molecule has 11 heteroatoms. The van der Waals surface area contributed by atoms with E-state index in [1.807, 2.05) is 0 Å². The monoisotopic (exact) mass is 465 g/mol. The van der Waals surface area contributed by atoms with Crippen LogP contribution in [0.5, 0.6) is 0 Å². The van der Waals surface area contributed by atoms with Gasteiger partial charge in [-0.1, -0.05) is 23.2 Å². The maximum atomic E-state index is 13.1. The largest absolute Gasteiger partial charge is 0.353 e. The summed E-state index contributed by atoms with van der Waals surface area (Å²) in [6, 6.07) is 10.2. The zero-order chi connectivity index (χ0) is 22.1. The summed E-state index contributed by atoms with van der Waals surface area (Å²) in [7, 11) is 0. The fourth-order valence-electron chi connectivity index (χ4n) is 3.68. The summed E-state index contributed by atoms with van der Waals surface area (Å²) >= 11 is 11.9. The molecule has 5 N–H and O–H groups in total. The van der Waals surface area contributed by atoms with Crippen molar-refractivity contribution in [3.8, 4) is 0 Å². The van der Waals surface area contributed by atoms with Gasteiger partial charge in [0.2, 0.25) is 17.7 Å². The highest BCUT2D eigenvalue weighted by molar-refractivity contribution is 6.42. The fraction of sp³-hybridized carbons (Fsp3) is 0.250. The molecule has 2 heterocycles. The van der Waals surface area contributed by atoms with Crippen molar-refractivity contribution >= 4 is 52.3 Å². The van der Waals surface area contributed by atoms with Crippen LogP contribution in [0.4, 0.5) is 15.8 Å². The van der Waals surface area contributed by atoms with Gasteiger partial charge >= 0.3 is 0 Å². The number of anilines is 2. The van der Waals surface area contributed by atoms with Gasteiger partial charge in [0.05, 0.1) is 28.0 Å². The van der Waals surface area contributed by atoms with Crippen molar-refractivity contribution in [2.24, 2.45) is 11.8 Å². The SMILES string of the molecule is O=C1CC(C(=O)Nc2ccc(Cl)c(Cl)c2)C2C(=O)NC(Nc3ccc(F)cc3)NC2N1. The Kier molecular flexibility index (Phi) is 5.99. The molecule has 4 unspecified atom stereocenters. The third-order valence-electron chi connectivity index (χ3n) is 5.13. The van der Waals surface area contributed by atoms with Crippen LogP contribution in [0.3, 0.4) is 0 Å². The second kappa shape index (κ2) is 8.70. The first-order chi connectivity index (χ1) is 14.8. The molecule has 4 atom stereocenters. The molecule has 2 fully saturated rings. The quantitative estimate of drug-likeness (QED) is 0.475. The first-order valence-corrected chi connectivity index (χ1v) is 10.2. The Hall–Kier alpha value is -2.88. The molecule has 2 aromatic rings. The molecular formula is C20H18Cl2FN5O3. The van der Waals surface area contributed by atoms with Crippen LogP contribution < -0.4 is 26.6 Å². The summed E-state index contributed by atoms with van der Waals surface area (Å²) in [6.07, 6.45) is -1.63. The number of halogens is 3. The molecule has 0 bridgehead atoms. The lowest BCUT2D eigenvalue weighted by Gasteiger charge is -2.43. The highest BCUT2D eigenvalue weighted by Crippen LogP contribution is 2.29. The van der Waals surface area contributed by atoms with Gasteiger partial charge in [-0.05, 0) is 42.5 Å². The zero-order valence-electron chi connectivity index (χ0n) is 15.9. The van der Waals surface area contributed by atoms with Gasteiger partial charge in [-0.25, -0.2) is 4.39 Å². The number of fused-ring (bicyclic) bond motifs is 1. The van der Waals surface area contributed by atoms with Crippen molar-refractivity contribution in [2.75, 3.05) is 10.6 Å². The van der Waals surface area contributed by atoms with Gasteiger partial charge in [0.25, 0.3) is 0 Å². The molecule has 2 aliphatic rings. The van der Waals surface area contributed by atoms with Crippen molar-refractivity contribution in [3.63, 3.8) is 0 Å². The minimum Gasteiger partial charge on any atom is -0.353 e. The molecule has 4 rings (SSSR count). The molecule has 3 amide bonds. The summed E-state index contributed by atoms with van der Waals surface area (Å²) in [5, 5.41) is 14.8. The standard InChI is InChI=1S/C20H18Cl2FN5O3/c21-13-6-5-11(7-14(13)22)24-18(30)12-8-15(29)26-17-16(12)19(31)28-20(27-17)25-10-3-1-9(23)2-4-10/h1-7,12,16-17,20,25,27H,8H2,(H,24,30)(H,26,29)(H,28,31). The van der Waals surface area contributed by atoms with Crippen molar-refractivity contribution < 1.29 is 18.8 Å². The maximum absolute atomic E-state index is 13.1. The van der Waals surface area contributed by atoms with E-state index >= 15 is 0 Å². The minimum absolute atomic E-state index is 0.139. The number of rotatable bonds is 4. The Bertz CT molecular complexity index is 1040. The van der Waals surface area contributed by atoms with E-state index in [9.17, 15) is 18.8 Å². The van der Waals surface area contributed by atoms with Crippen LogP contribution in [-0.2, 0) is 14.4 Å². The maximum Gasteiger partial charge on any atom is 0.229 e. The third kappa shape index (κ3) is 4.73. The molecule has 31 heavy (non-hydrogen) atoms. The van der Waals surface area contributed by atoms with Crippen molar-refractivity contribution in [1.29, 1.82) is 0 Å². The van der Waals surface area contributed by atoms with Gasteiger partial charge in [-0.3, -0.25) is 19.7 Å². The van der Waals surface area contributed by atoms with E-state index in [-0.39, 0.29) is 23.2 Å². The second-order valence-electron chi connectivity index (χ2n) is 7.26. The van der Waals surface area contributed by atoms with Gasteiger partial charge in [-0.15, -0.1) is 0 Å². The van der Waals surface area contributed by atoms with Crippen LogP contribution in [0.15, 0.2) is 42.5 Å². The van der Waals surface area contributed by atoms with Crippen LogP contribution in [0.2, 0.25) is 10.0 Å². The van der Waals surface area contributed by atoms with E-state index in [1.165, 1.54) is 36.4 Å². The van der Waals surface area contributed by atoms with Crippen molar-refractivity contribution in [3.05, 3.63) is 58.3 Å². The first-order valence-electron chi connectivity index (χ1n) is 9.44. The van der Waals surface area contributed by atoms with Gasteiger partial charge in [0.15, 0.2) is 6.29 Å². The molecule has 0 radical (unpaired) electrons. The predicted molar refractivity (Wildman–Crippen MR) is 114 cm³/mol. The molecule has 162 valence electrons. The van der Waals surface area contributed by atoms with E-state index in [2.05, 4.69) is 26.6 Å². The smallest absolute Gasteiger partial charge is 0.229 e. The highest BCUT2D eigenvalue weighted by Gasteiger charge is 2.48. The molecule has 2 aromatic carbocycles. The molecular weight excluding hydrogens is 448 g/mol. The average Bonchev–Trinajstić information content (AvgIpc) is 2.71. The number of amides is 3. The number of carbonyl (C=O) groups is 3. The summed E-state index contributed by atoms with van der Waals surface area (Å²) in [5.74, 6) is -3.36. The minimum atomic E-state index is -0.896. The number of benzene rings is 2. The molecule has 0 aromatic heterocycles. The normalized spacial score (nSPS) is 25.1. The van der Waals surface area contributed by atoms with Gasteiger partial charge in [0.1, 0.15) is 5.82 Å². The summed E-state index contributed by atoms with van der Waals surface area (Å²) in [5.41, 5.74) is 0.968. The molecule has 2 aliphatic heterocycles.